The molecule has 1 aromatic heterocycles. The van der Waals surface area contributed by atoms with Gasteiger partial charge >= 0.3 is 5.97 Å². The molecule has 0 fully saturated rings. The first-order valence-electron chi connectivity index (χ1n) is 6.29. The standard InChI is InChI=1S/C13H15Cl2N3O2/c1-2-20-12(19)4-3-5-18-11-7-9(15)8(14)6-10(11)17-13(18)16/h6-7H,2-5H2,1H3,(H2,16,17). The zero-order valence-corrected chi connectivity index (χ0v) is 12.5. The number of aryl methyl sites for hydroxylation is 1. The maximum absolute atomic E-state index is 11.3. The molecule has 1 aromatic carbocycles. The summed E-state index contributed by atoms with van der Waals surface area (Å²) in [6.45, 7) is 2.74. The summed E-state index contributed by atoms with van der Waals surface area (Å²) in [7, 11) is 0. The summed E-state index contributed by atoms with van der Waals surface area (Å²) in [5.74, 6) is 0.166. The van der Waals surface area contributed by atoms with Crippen LogP contribution in [0.3, 0.4) is 0 Å². The fraction of sp³-hybridized carbons (Fsp3) is 0.385. The van der Waals surface area contributed by atoms with Crippen molar-refractivity contribution in [3.63, 3.8) is 0 Å². The van der Waals surface area contributed by atoms with E-state index in [4.69, 9.17) is 33.7 Å². The molecule has 0 unspecified atom stereocenters. The van der Waals surface area contributed by atoms with Crippen LogP contribution < -0.4 is 5.73 Å². The summed E-state index contributed by atoms with van der Waals surface area (Å²) in [6.07, 6.45) is 0.961. The van der Waals surface area contributed by atoms with Gasteiger partial charge in [-0.2, -0.15) is 0 Å². The van der Waals surface area contributed by atoms with E-state index in [2.05, 4.69) is 4.98 Å². The predicted molar refractivity (Wildman–Crippen MR) is 80.0 cm³/mol. The molecular formula is C13H15Cl2N3O2. The first kappa shape index (κ1) is 14.9. The molecule has 0 atom stereocenters. The SMILES string of the molecule is CCOC(=O)CCCn1c(N)nc2cc(Cl)c(Cl)cc21. The van der Waals surface area contributed by atoms with Gasteiger partial charge in [-0.25, -0.2) is 4.98 Å². The van der Waals surface area contributed by atoms with E-state index in [1.807, 2.05) is 4.57 Å². The van der Waals surface area contributed by atoms with Crippen molar-refractivity contribution in [3.8, 4) is 0 Å². The first-order chi connectivity index (χ1) is 9.52. The average molecular weight is 316 g/mol. The number of ether oxygens (including phenoxy) is 1. The second kappa shape index (κ2) is 6.33. The van der Waals surface area contributed by atoms with Crippen LogP contribution in [0.5, 0.6) is 0 Å². The Labute approximate surface area is 126 Å². The van der Waals surface area contributed by atoms with Gasteiger partial charge in [-0.3, -0.25) is 4.79 Å². The number of hydrogen-bond acceptors (Lipinski definition) is 4. The van der Waals surface area contributed by atoms with Crippen molar-refractivity contribution >= 4 is 46.2 Å². The highest BCUT2D eigenvalue weighted by atomic mass is 35.5. The van der Waals surface area contributed by atoms with Crippen molar-refractivity contribution < 1.29 is 9.53 Å². The molecule has 108 valence electrons. The molecule has 0 spiro atoms. The Balaban J connectivity index is 2.15. The average Bonchev–Trinajstić information content (AvgIpc) is 2.67. The Kier molecular flexibility index (Phi) is 4.73. The van der Waals surface area contributed by atoms with Crippen LogP contribution in [0.15, 0.2) is 12.1 Å². The number of esters is 1. The molecule has 2 N–H and O–H groups in total. The number of nitrogen functional groups attached to an aromatic ring is 1. The number of nitrogens with zero attached hydrogens (tertiary/aromatic N) is 2. The number of nitrogens with two attached hydrogens (primary N) is 1. The Morgan fingerprint density at radius 2 is 2.10 bits per heavy atom. The van der Waals surface area contributed by atoms with Crippen LogP contribution >= 0.6 is 23.2 Å². The second-order valence-electron chi connectivity index (χ2n) is 4.29. The van der Waals surface area contributed by atoms with Gasteiger partial charge in [0, 0.05) is 13.0 Å². The summed E-state index contributed by atoms with van der Waals surface area (Å²) in [4.78, 5) is 15.5. The maximum Gasteiger partial charge on any atom is 0.305 e. The van der Waals surface area contributed by atoms with Crippen molar-refractivity contribution in [2.24, 2.45) is 0 Å². The number of carbonyl (C=O) groups is 1. The molecule has 0 aliphatic carbocycles. The van der Waals surface area contributed by atoms with Crippen molar-refractivity contribution in [1.82, 2.24) is 9.55 Å². The molecule has 5 nitrogen and oxygen atoms in total. The highest BCUT2D eigenvalue weighted by Crippen LogP contribution is 2.29. The highest BCUT2D eigenvalue weighted by Gasteiger charge is 2.11. The third-order valence-electron chi connectivity index (χ3n) is 2.89. The molecule has 0 saturated carbocycles. The zero-order chi connectivity index (χ0) is 14.7. The number of hydrogen-bond donors (Lipinski definition) is 1. The van der Waals surface area contributed by atoms with Gasteiger partial charge in [-0.1, -0.05) is 23.2 Å². The minimum Gasteiger partial charge on any atom is -0.466 e. The van der Waals surface area contributed by atoms with Crippen LogP contribution in [0.4, 0.5) is 5.95 Å². The lowest BCUT2D eigenvalue weighted by Gasteiger charge is -2.06. The fourth-order valence-corrected chi connectivity index (χ4v) is 2.30. The number of benzene rings is 1. The number of fused-ring (bicyclic) bond motifs is 1. The molecule has 2 rings (SSSR count). The Morgan fingerprint density at radius 1 is 1.40 bits per heavy atom. The zero-order valence-electron chi connectivity index (χ0n) is 11.0. The van der Waals surface area contributed by atoms with Gasteiger partial charge in [0.05, 0.1) is 27.7 Å². The van der Waals surface area contributed by atoms with E-state index in [1.165, 1.54) is 0 Å². The minimum absolute atomic E-state index is 0.212. The normalized spacial score (nSPS) is 10.9. The van der Waals surface area contributed by atoms with Crippen LogP contribution in [-0.2, 0) is 16.1 Å². The number of rotatable bonds is 5. The number of aromatic nitrogens is 2. The van der Waals surface area contributed by atoms with E-state index in [0.29, 0.717) is 47.5 Å². The third-order valence-corrected chi connectivity index (χ3v) is 3.61. The molecule has 0 aliphatic rings. The summed E-state index contributed by atoms with van der Waals surface area (Å²) < 4.78 is 6.70. The van der Waals surface area contributed by atoms with Crippen LogP contribution in [0.1, 0.15) is 19.8 Å². The van der Waals surface area contributed by atoms with E-state index >= 15 is 0 Å². The third kappa shape index (κ3) is 3.16. The van der Waals surface area contributed by atoms with E-state index in [1.54, 1.807) is 19.1 Å². The molecule has 1 heterocycles. The number of anilines is 1. The van der Waals surface area contributed by atoms with Crippen molar-refractivity contribution in [2.45, 2.75) is 26.3 Å². The van der Waals surface area contributed by atoms with Gasteiger partial charge in [-0.15, -0.1) is 0 Å². The molecule has 2 aromatic rings. The van der Waals surface area contributed by atoms with Crippen molar-refractivity contribution in [2.75, 3.05) is 12.3 Å². The molecule has 20 heavy (non-hydrogen) atoms. The fourth-order valence-electron chi connectivity index (χ4n) is 1.99. The maximum atomic E-state index is 11.3. The van der Waals surface area contributed by atoms with Gasteiger partial charge in [0.2, 0.25) is 5.95 Å². The van der Waals surface area contributed by atoms with Crippen LogP contribution in [0.25, 0.3) is 11.0 Å². The summed E-state index contributed by atoms with van der Waals surface area (Å²) in [6, 6.07) is 3.41. The van der Waals surface area contributed by atoms with E-state index in [9.17, 15) is 4.79 Å². The smallest absolute Gasteiger partial charge is 0.305 e. The topological polar surface area (TPSA) is 70.1 Å². The Morgan fingerprint density at radius 3 is 2.80 bits per heavy atom. The van der Waals surface area contributed by atoms with Gasteiger partial charge in [0.15, 0.2) is 0 Å². The summed E-state index contributed by atoms with van der Waals surface area (Å²) in [5, 5.41) is 0.890. The van der Waals surface area contributed by atoms with E-state index in [0.717, 1.165) is 5.52 Å². The predicted octanol–water partition coefficient (Wildman–Crippen LogP) is 3.27. The van der Waals surface area contributed by atoms with Crippen molar-refractivity contribution in [3.05, 3.63) is 22.2 Å². The van der Waals surface area contributed by atoms with Gasteiger partial charge in [0.25, 0.3) is 0 Å². The van der Waals surface area contributed by atoms with Crippen LogP contribution in [0.2, 0.25) is 10.0 Å². The Hall–Kier alpha value is -1.46. The van der Waals surface area contributed by atoms with Crippen molar-refractivity contribution in [1.29, 1.82) is 0 Å². The molecule has 0 aliphatic heterocycles. The largest absolute Gasteiger partial charge is 0.466 e. The second-order valence-corrected chi connectivity index (χ2v) is 5.10. The lowest BCUT2D eigenvalue weighted by molar-refractivity contribution is -0.143. The van der Waals surface area contributed by atoms with Gasteiger partial charge in [0.1, 0.15) is 0 Å². The lowest BCUT2D eigenvalue weighted by Crippen LogP contribution is -2.08. The lowest BCUT2D eigenvalue weighted by atomic mass is 10.3. The molecule has 0 amide bonds. The van der Waals surface area contributed by atoms with Crippen LogP contribution in [-0.4, -0.2) is 22.1 Å². The molecule has 7 heteroatoms. The van der Waals surface area contributed by atoms with Crippen LogP contribution in [0, 0.1) is 0 Å². The van der Waals surface area contributed by atoms with Gasteiger partial charge in [-0.05, 0) is 25.5 Å². The summed E-state index contributed by atoms with van der Waals surface area (Å²) >= 11 is 12.0. The summed E-state index contributed by atoms with van der Waals surface area (Å²) in [5.41, 5.74) is 7.37. The minimum atomic E-state index is -0.212. The first-order valence-corrected chi connectivity index (χ1v) is 7.05. The Bertz CT molecular complexity index is 640. The molecule has 0 saturated heterocycles. The molecule has 0 radical (unpaired) electrons. The molecular weight excluding hydrogens is 301 g/mol. The highest BCUT2D eigenvalue weighted by molar-refractivity contribution is 6.42. The number of imidazole rings is 1. The van der Waals surface area contributed by atoms with Gasteiger partial charge < -0.3 is 15.0 Å². The number of halogens is 2. The van der Waals surface area contributed by atoms with E-state index < -0.39 is 0 Å². The number of carbonyl (C=O) groups excluding carboxylic acids is 1. The monoisotopic (exact) mass is 315 g/mol. The molecule has 0 bridgehead atoms. The van der Waals surface area contributed by atoms with E-state index in [-0.39, 0.29) is 5.97 Å². The quantitative estimate of drug-likeness (QED) is 0.860.